The third-order valence-corrected chi connectivity index (χ3v) is 4.17. The molecule has 1 aromatic carbocycles. The third kappa shape index (κ3) is 2.49. The van der Waals surface area contributed by atoms with Crippen LogP contribution < -0.4 is 10.2 Å². The molecular formula is C15H21N3. The molecule has 0 atom stereocenters. The van der Waals surface area contributed by atoms with Gasteiger partial charge in [-0.2, -0.15) is 5.26 Å². The molecule has 1 fully saturated rings. The van der Waals surface area contributed by atoms with E-state index in [1.165, 1.54) is 5.69 Å². The lowest BCUT2D eigenvalue weighted by molar-refractivity contribution is 0.305. The zero-order chi connectivity index (χ0) is 13.2. The quantitative estimate of drug-likeness (QED) is 0.867. The van der Waals surface area contributed by atoms with Crippen molar-refractivity contribution in [3.63, 3.8) is 0 Å². The lowest BCUT2D eigenvalue weighted by Gasteiger charge is -2.40. The zero-order valence-corrected chi connectivity index (χ0v) is 11.5. The maximum atomic E-state index is 8.95. The molecule has 1 aromatic rings. The summed E-state index contributed by atoms with van der Waals surface area (Å²) >= 11 is 0. The Balaban J connectivity index is 2.11. The van der Waals surface area contributed by atoms with Gasteiger partial charge in [-0.15, -0.1) is 0 Å². The fourth-order valence-corrected chi connectivity index (χ4v) is 2.48. The Bertz CT molecular complexity index is 465. The van der Waals surface area contributed by atoms with Gasteiger partial charge in [-0.25, -0.2) is 0 Å². The van der Waals surface area contributed by atoms with Crippen molar-refractivity contribution in [2.75, 3.05) is 25.0 Å². The number of nitrogens with one attached hydrogen (secondary N) is 1. The highest BCUT2D eigenvalue weighted by Crippen LogP contribution is 2.26. The van der Waals surface area contributed by atoms with Gasteiger partial charge >= 0.3 is 0 Å². The van der Waals surface area contributed by atoms with Gasteiger partial charge in [0.2, 0.25) is 0 Å². The number of rotatable bonds is 2. The van der Waals surface area contributed by atoms with Crippen LogP contribution in [0.15, 0.2) is 18.2 Å². The highest BCUT2D eigenvalue weighted by Gasteiger charge is 2.28. The average molecular weight is 243 g/mol. The molecule has 2 rings (SSSR count). The molecule has 1 N–H and O–H groups in total. The normalized spacial score (nSPS) is 18.4. The first-order valence-corrected chi connectivity index (χ1v) is 6.52. The molecule has 0 aliphatic carbocycles. The second-order valence-electron chi connectivity index (χ2n) is 5.41. The monoisotopic (exact) mass is 243 g/mol. The first-order valence-electron chi connectivity index (χ1n) is 6.52. The lowest BCUT2D eigenvalue weighted by atomic mass is 9.89. The minimum atomic E-state index is 0.276. The number of benzene rings is 1. The number of hydrogen-bond donors (Lipinski definition) is 1. The number of aryl methyl sites for hydroxylation is 1. The summed E-state index contributed by atoms with van der Waals surface area (Å²) in [6, 6.07) is 8.33. The Labute approximate surface area is 109 Å². The van der Waals surface area contributed by atoms with Crippen molar-refractivity contribution in [1.82, 2.24) is 5.32 Å². The van der Waals surface area contributed by atoms with Crippen molar-refractivity contribution in [3.05, 3.63) is 29.3 Å². The van der Waals surface area contributed by atoms with Crippen LogP contribution in [-0.2, 0) is 0 Å². The summed E-state index contributed by atoms with van der Waals surface area (Å²) in [6.45, 7) is 6.43. The first kappa shape index (κ1) is 12.9. The number of nitrogens with zero attached hydrogens (tertiary/aromatic N) is 2. The van der Waals surface area contributed by atoms with Crippen LogP contribution in [0.4, 0.5) is 5.69 Å². The van der Waals surface area contributed by atoms with Gasteiger partial charge < -0.3 is 10.2 Å². The molecule has 0 amide bonds. The van der Waals surface area contributed by atoms with Gasteiger partial charge in [0, 0.05) is 24.3 Å². The summed E-state index contributed by atoms with van der Waals surface area (Å²) in [4.78, 5) is 2.41. The molecular weight excluding hydrogens is 222 g/mol. The Hall–Kier alpha value is -1.53. The first-order chi connectivity index (χ1) is 8.58. The van der Waals surface area contributed by atoms with Gasteiger partial charge in [0.05, 0.1) is 11.6 Å². The van der Waals surface area contributed by atoms with Crippen molar-refractivity contribution in [3.8, 4) is 6.07 Å². The molecule has 0 saturated carbocycles. The zero-order valence-electron chi connectivity index (χ0n) is 11.5. The Morgan fingerprint density at radius 2 is 2.00 bits per heavy atom. The summed E-state index contributed by atoms with van der Waals surface area (Å²) in [7, 11) is 2.04. The van der Waals surface area contributed by atoms with E-state index in [4.69, 9.17) is 5.26 Å². The summed E-state index contributed by atoms with van der Waals surface area (Å²) in [5, 5.41) is 12.4. The summed E-state index contributed by atoms with van der Waals surface area (Å²) in [5.41, 5.74) is 3.36. The third-order valence-electron chi connectivity index (χ3n) is 4.17. The van der Waals surface area contributed by atoms with E-state index in [2.05, 4.69) is 35.3 Å². The predicted octanol–water partition coefficient (Wildman–Crippen LogP) is 2.45. The van der Waals surface area contributed by atoms with Crippen LogP contribution in [0.1, 0.15) is 30.9 Å². The van der Waals surface area contributed by atoms with E-state index in [0.717, 1.165) is 37.1 Å². The van der Waals surface area contributed by atoms with E-state index in [-0.39, 0.29) is 5.54 Å². The average Bonchev–Trinajstić information content (AvgIpc) is 2.39. The predicted molar refractivity (Wildman–Crippen MR) is 74.8 cm³/mol. The van der Waals surface area contributed by atoms with E-state index >= 15 is 0 Å². The molecule has 3 nitrogen and oxygen atoms in total. The minimum Gasteiger partial charge on any atom is -0.371 e. The molecule has 0 radical (unpaired) electrons. The number of hydrogen-bond acceptors (Lipinski definition) is 3. The smallest absolute Gasteiger partial charge is 0.0994 e. The van der Waals surface area contributed by atoms with Crippen molar-refractivity contribution in [2.24, 2.45) is 0 Å². The highest BCUT2D eigenvalue weighted by atomic mass is 15.2. The fourth-order valence-electron chi connectivity index (χ4n) is 2.48. The van der Waals surface area contributed by atoms with Crippen molar-refractivity contribution in [2.45, 2.75) is 32.2 Å². The SMILES string of the molecule is CNC1(C)CCN(c2ccc(C#N)c(C)c2)CC1. The highest BCUT2D eigenvalue weighted by molar-refractivity contribution is 5.53. The maximum absolute atomic E-state index is 8.95. The van der Waals surface area contributed by atoms with Gasteiger partial charge in [-0.3, -0.25) is 0 Å². The molecule has 1 aliphatic rings. The van der Waals surface area contributed by atoms with Crippen LogP contribution in [0, 0.1) is 18.3 Å². The largest absolute Gasteiger partial charge is 0.371 e. The molecule has 96 valence electrons. The molecule has 1 saturated heterocycles. The molecule has 1 aliphatic heterocycles. The maximum Gasteiger partial charge on any atom is 0.0994 e. The van der Waals surface area contributed by atoms with Crippen LogP contribution >= 0.6 is 0 Å². The van der Waals surface area contributed by atoms with Crippen molar-refractivity contribution in [1.29, 1.82) is 5.26 Å². The molecule has 1 heterocycles. The van der Waals surface area contributed by atoms with Gasteiger partial charge in [-0.1, -0.05) is 0 Å². The fraction of sp³-hybridized carbons (Fsp3) is 0.533. The van der Waals surface area contributed by atoms with Crippen LogP contribution in [0.2, 0.25) is 0 Å². The van der Waals surface area contributed by atoms with Gasteiger partial charge in [0.25, 0.3) is 0 Å². The van der Waals surface area contributed by atoms with Gasteiger partial charge in [0.1, 0.15) is 0 Å². The lowest BCUT2D eigenvalue weighted by Crippen LogP contribution is -2.50. The molecule has 3 heteroatoms. The van der Waals surface area contributed by atoms with Crippen LogP contribution in [0.25, 0.3) is 0 Å². The van der Waals surface area contributed by atoms with E-state index in [1.54, 1.807) is 0 Å². The number of anilines is 1. The topological polar surface area (TPSA) is 39.1 Å². The molecule has 0 aromatic heterocycles. The number of piperidine rings is 1. The Morgan fingerprint density at radius 3 is 2.50 bits per heavy atom. The molecule has 18 heavy (non-hydrogen) atoms. The second-order valence-corrected chi connectivity index (χ2v) is 5.41. The van der Waals surface area contributed by atoms with E-state index < -0.39 is 0 Å². The van der Waals surface area contributed by atoms with Gasteiger partial charge in [0.15, 0.2) is 0 Å². The van der Waals surface area contributed by atoms with Crippen LogP contribution in [0.5, 0.6) is 0 Å². The van der Waals surface area contributed by atoms with Gasteiger partial charge in [-0.05, 0) is 57.5 Å². The summed E-state index contributed by atoms with van der Waals surface area (Å²) < 4.78 is 0. The summed E-state index contributed by atoms with van der Waals surface area (Å²) in [5.74, 6) is 0. The van der Waals surface area contributed by atoms with Crippen molar-refractivity contribution < 1.29 is 0 Å². The Morgan fingerprint density at radius 1 is 1.33 bits per heavy atom. The second kappa shape index (κ2) is 4.99. The number of nitriles is 1. The minimum absolute atomic E-state index is 0.276. The molecule has 0 bridgehead atoms. The van der Waals surface area contributed by atoms with Crippen molar-refractivity contribution >= 4 is 5.69 Å². The van der Waals surface area contributed by atoms with E-state index in [9.17, 15) is 0 Å². The Kier molecular flexibility index (Phi) is 3.58. The summed E-state index contributed by atoms with van der Waals surface area (Å²) in [6.07, 6.45) is 2.31. The van der Waals surface area contributed by atoms with E-state index in [1.807, 2.05) is 20.0 Å². The molecule has 0 unspecified atom stereocenters. The van der Waals surface area contributed by atoms with E-state index in [0.29, 0.717) is 0 Å². The van der Waals surface area contributed by atoms with Crippen LogP contribution in [-0.4, -0.2) is 25.7 Å². The molecule has 0 spiro atoms. The standard InChI is InChI=1S/C15H21N3/c1-12-10-14(5-4-13(12)11-16)18-8-6-15(2,17-3)7-9-18/h4-5,10,17H,6-9H2,1-3H3. The van der Waals surface area contributed by atoms with Crippen LogP contribution in [0.3, 0.4) is 0 Å².